The Morgan fingerprint density at radius 2 is 1.64 bits per heavy atom. The number of carbonyl (C=O) groups is 1. The second-order valence-electron chi connectivity index (χ2n) is 7.45. The maximum atomic E-state index is 13.1. The molecule has 9 heteroatoms. The second kappa shape index (κ2) is 10.5. The molecule has 3 rings (SSSR count). The van der Waals surface area contributed by atoms with Gasteiger partial charge < -0.3 is 9.08 Å². The van der Waals surface area contributed by atoms with Gasteiger partial charge in [0.25, 0.3) is 5.91 Å². The van der Waals surface area contributed by atoms with Gasteiger partial charge in [-0.05, 0) is 73.5 Å². The highest BCUT2D eigenvalue weighted by molar-refractivity contribution is 7.87. The molecule has 174 valence electrons. The van der Waals surface area contributed by atoms with Crippen molar-refractivity contribution in [1.29, 1.82) is 0 Å². The van der Waals surface area contributed by atoms with Crippen LogP contribution >= 0.6 is 23.2 Å². The van der Waals surface area contributed by atoms with Crippen LogP contribution in [0.4, 0.5) is 4.39 Å². The molecule has 5 nitrogen and oxygen atoms in total. The van der Waals surface area contributed by atoms with Crippen LogP contribution in [-0.2, 0) is 16.7 Å². The summed E-state index contributed by atoms with van der Waals surface area (Å²) in [7, 11) is -4.09. The van der Waals surface area contributed by atoms with Crippen LogP contribution in [0.1, 0.15) is 36.2 Å². The normalized spacial score (nSPS) is 12.3. The van der Waals surface area contributed by atoms with Crippen molar-refractivity contribution >= 4 is 39.2 Å². The van der Waals surface area contributed by atoms with Gasteiger partial charge in [0, 0.05) is 18.2 Å². The number of hydrogen-bond acceptors (Lipinski definition) is 4. The van der Waals surface area contributed by atoms with Crippen LogP contribution in [0.25, 0.3) is 0 Å². The quantitative estimate of drug-likeness (QED) is 0.332. The van der Waals surface area contributed by atoms with E-state index in [0.717, 1.165) is 36.2 Å². The fraction of sp³-hybridized carbons (Fsp3) is 0.208. The van der Waals surface area contributed by atoms with E-state index in [1.54, 1.807) is 35.2 Å². The van der Waals surface area contributed by atoms with Crippen LogP contribution in [0.15, 0.2) is 71.6 Å². The predicted molar refractivity (Wildman–Crippen MR) is 127 cm³/mol. The van der Waals surface area contributed by atoms with Crippen molar-refractivity contribution < 1.29 is 21.8 Å². The molecule has 0 spiro atoms. The van der Waals surface area contributed by atoms with E-state index in [1.807, 2.05) is 13.8 Å². The van der Waals surface area contributed by atoms with E-state index in [9.17, 15) is 17.6 Å². The highest BCUT2D eigenvalue weighted by atomic mass is 35.5. The van der Waals surface area contributed by atoms with Gasteiger partial charge in [-0.1, -0.05) is 42.3 Å². The van der Waals surface area contributed by atoms with Crippen molar-refractivity contribution in [2.24, 2.45) is 0 Å². The number of hydrogen-bond donors (Lipinski definition) is 0. The summed E-state index contributed by atoms with van der Waals surface area (Å²) in [5.41, 5.74) is 1.21. The van der Waals surface area contributed by atoms with E-state index in [1.165, 1.54) is 12.1 Å². The predicted octanol–water partition coefficient (Wildman–Crippen LogP) is 6.34. The van der Waals surface area contributed by atoms with Gasteiger partial charge in [-0.3, -0.25) is 4.79 Å². The lowest BCUT2D eigenvalue weighted by Gasteiger charge is -2.29. The van der Waals surface area contributed by atoms with Gasteiger partial charge in [0.05, 0.1) is 10.0 Å². The van der Waals surface area contributed by atoms with E-state index in [-0.39, 0.29) is 22.6 Å². The Morgan fingerprint density at radius 3 is 2.21 bits per heavy atom. The van der Waals surface area contributed by atoms with Crippen molar-refractivity contribution in [3.63, 3.8) is 0 Å². The molecular formula is C24H22Cl2FNO4S. The molecule has 0 saturated heterocycles. The lowest BCUT2D eigenvalue weighted by atomic mass is 10.1. The first-order chi connectivity index (χ1) is 15.6. The molecule has 3 aromatic rings. The monoisotopic (exact) mass is 509 g/mol. The van der Waals surface area contributed by atoms with E-state index in [2.05, 4.69) is 0 Å². The Hall–Kier alpha value is -2.61. The van der Waals surface area contributed by atoms with Crippen LogP contribution in [0.3, 0.4) is 0 Å². The van der Waals surface area contributed by atoms with Crippen LogP contribution in [0.2, 0.25) is 10.0 Å². The number of halogens is 3. The van der Waals surface area contributed by atoms with Crippen molar-refractivity contribution in [3.8, 4) is 5.75 Å². The fourth-order valence-corrected chi connectivity index (χ4v) is 4.29. The van der Waals surface area contributed by atoms with E-state index < -0.39 is 15.9 Å². The molecule has 0 aromatic heterocycles. The molecule has 0 saturated carbocycles. The zero-order valence-corrected chi connectivity index (χ0v) is 20.3. The largest absolute Gasteiger partial charge is 0.379 e. The van der Waals surface area contributed by atoms with Gasteiger partial charge >= 0.3 is 10.1 Å². The molecular weight excluding hydrogens is 488 g/mol. The third-order valence-corrected chi connectivity index (χ3v) is 7.14. The summed E-state index contributed by atoms with van der Waals surface area (Å²) >= 11 is 12.0. The summed E-state index contributed by atoms with van der Waals surface area (Å²) in [6.45, 7) is 4.23. The minimum atomic E-state index is -4.09. The number of benzene rings is 3. The first-order valence-electron chi connectivity index (χ1n) is 10.2. The van der Waals surface area contributed by atoms with Crippen LogP contribution in [-0.4, -0.2) is 25.3 Å². The molecule has 0 radical (unpaired) electrons. The highest BCUT2D eigenvalue weighted by Gasteiger charge is 2.22. The summed E-state index contributed by atoms with van der Waals surface area (Å²) in [5.74, 6) is -0.629. The average Bonchev–Trinajstić information content (AvgIpc) is 2.79. The molecule has 1 atom stereocenters. The highest BCUT2D eigenvalue weighted by Crippen LogP contribution is 2.25. The summed E-state index contributed by atoms with van der Waals surface area (Å²) < 4.78 is 43.0. The van der Waals surface area contributed by atoms with Crippen LogP contribution in [0, 0.1) is 5.82 Å². The minimum absolute atomic E-state index is 0.0540. The first-order valence-corrected chi connectivity index (χ1v) is 12.3. The van der Waals surface area contributed by atoms with E-state index in [4.69, 9.17) is 27.4 Å². The minimum Gasteiger partial charge on any atom is -0.379 e. The molecule has 0 aliphatic rings. The second-order valence-corrected chi connectivity index (χ2v) is 9.82. The lowest BCUT2D eigenvalue weighted by Crippen LogP contribution is -2.37. The SMILES string of the molecule is CCC(C)N(Cc1ccc(OS(=O)(=O)c2ccc(F)cc2)cc1)C(=O)c1ccc(Cl)c(Cl)c1. The molecule has 0 aliphatic heterocycles. The summed E-state index contributed by atoms with van der Waals surface area (Å²) in [6.07, 6.45) is 0.740. The molecule has 0 fully saturated rings. The maximum absolute atomic E-state index is 13.1. The maximum Gasteiger partial charge on any atom is 0.339 e. The number of carbonyl (C=O) groups excluding carboxylic acids is 1. The zero-order chi connectivity index (χ0) is 24.2. The lowest BCUT2D eigenvalue weighted by molar-refractivity contribution is 0.0671. The fourth-order valence-electron chi connectivity index (χ4n) is 3.07. The van der Waals surface area contributed by atoms with Crippen LogP contribution < -0.4 is 4.18 Å². The van der Waals surface area contributed by atoms with Crippen molar-refractivity contribution in [1.82, 2.24) is 4.90 Å². The van der Waals surface area contributed by atoms with Crippen molar-refractivity contribution in [2.75, 3.05) is 0 Å². The molecule has 1 unspecified atom stereocenters. The Labute approximate surface area is 202 Å². The molecule has 0 aliphatic carbocycles. The standard InChI is InChI=1S/C24H22Cl2FNO4S/c1-3-16(2)28(24(29)18-6-13-22(25)23(26)14-18)15-17-4-9-20(10-5-17)32-33(30,31)21-11-7-19(27)8-12-21/h4-14,16H,3,15H2,1-2H3. The molecule has 0 bridgehead atoms. The van der Waals surface area contributed by atoms with Gasteiger partial charge in [0.1, 0.15) is 16.5 Å². The first kappa shape index (κ1) is 25.0. The Morgan fingerprint density at radius 1 is 1.00 bits per heavy atom. The Bertz CT molecular complexity index is 1230. The molecule has 33 heavy (non-hydrogen) atoms. The van der Waals surface area contributed by atoms with Crippen molar-refractivity contribution in [3.05, 3.63) is 93.7 Å². The topological polar surface area (TPSA) is 63.7 Å². The van der Waals surface area contributed by atoms with Gasteiger partial charge in [0.2, 0.25) is 0 Å². The molecule has 1 amide bonds. The van der Waals surface area contributed by atoms with Gasteiger partial charge in [-0.2, -0.15) is 8.42 Å². The van der Waals surface area contributed by atoms with E-state index >= 15 is 0 Å². The van der Waals surface area contributed by atoms with Gasteiger partial charge in [-0.15, -0.1) is 0 Å². The molecule has 0 heterocycles. The molecule has 0 N–H and O–H groups in total. The Kier molecular flexibility index (Phi) is 8.00. The third-order valence-electron chi connectivity index (χ3n) is 5.13. The van der Waals surface area contributed by atoms with Gasteiger partial charge in [-0.25, -0.2) is 4.39 Å². The van der Waals surface area contributed by atoms with Crippen molar-refractivity contribution in [2.45, 2.75) is 37.8 Å². The summed E-state index contributed by atoms with van der Waals surface area (Å²) in [5, 5.41) is 0.671. The molecule has 3 aromatic carbocycles. The smallest absolute Gasteiger partial charge is 0.339 e. The zero-order valence-electron chi connectivity index (χ0n) is 18.0. The van der Waals surface area contributed by atoms with Crippen LogP contribution in [0.5, 0.6) is 5.75 Å². The van der Waals surface area contributed by atoms with E-state index in [0.29, 0.717) is 22.2 Å². The van der Waals surface area contributed by atoms with Gasteiger partial charge in [0.15, 0.2) is 0 Å². The summed E-state index contributed by atoms with van der Waals surface area (Å²) in [6, 6.07) is 15.5. The number of rotatable bonds is 8. The number of amides is 1. The Balaban J connectivity index is 1.77. The third kappa shape index (κ3) is 6.25. The number of nitrogens with zero attached hydrogens (tertiary/aromatic N) is 1. The average molecular weight is 510 g/mol. The summed E-state index contributed by atoms with van der Waals surface area (Å²) in [4.78, 5) is 14.7.